The van der Waals surface area contributed by atoms with Crippen molar-refractivity contribution in [2.75, 3.05) is 19.5 Å². The summed E-state index contributed by atoms with van der Waals surface area (Å²) in [6.45, 7) is 5.67. The van der Waals surface area contributed by atoms with Crippen molar-refractivity contribution in [2.45, 2.75) is 32.8 Å². The summed E-state index contributed by atoms with van der Waals surface area (Å²) >= 11 is 0. The number of nitrogens with one attached hydrogen (secondary N) is 1. The van der Waals surface area contributed by atoms with Crippen LogP contribution in [-0.4, -0.2) is 26.2 Å². The van der Waals surface area contributed by atoms with E-state index in [2.05, 4.69) is 5.32 Å². The molecule has 1 aromatic heterocycles. The number of ether oxygens (including phenoxy) is 3. The van der Waals surface area contributed by atoms with Crippen LogP contribution in [0.3, 0.4) is 0 Å². The molecule has 158 valence electrons. The summed E-state index contributed by atoms with van der Waals surface area (Å²) < 4.78 is 21.5. The quantitative estimate of drug-likeness (QED) is 0.582. The summed E-state index contributed by atoms with van der Waals surface area (Å²) in [6, 6.07) is 11.8. The number of anilines is 1. The van der Waals surface area contributed by atoms with Crippen molar-refractivity contribution in [2.24, 2.45) is 0 Å². The summed E-state index contributed by atoms with van der Waals surface area (Å²) in [6.07, 6.45) is -0.782. The molecule has 0 unspecified atom stereocenters. The van der Waals surface area contributed by atoms with Gasteiger partial charge in [-0.3, -0.25) is 4.79 Å². The molecule has 1 amide bonds. The van der Waals surface area contributed by atoms with Crippen molar-refractivity contribution in [1.82, 2.24) is 0 Å². The number of hydrogen-bond donors (Lipinski definition) is 1. The maximum atomic E-state index is 12.6. The van der Waals surface area contributed by atoms with Gasteiger partial charge in [0.1, 0.15) is 11.3 Å². The minimum absolute atomic E-state index is 0.176. The van der Waals surface area contributed by atoms with Crippen molar-refractivity contribution in [3.8, 4) is 17.2 Å². The first kappa shape index (κ1) is 21.2. The molecule has 1 atom stereocenters. The zero-order valence-electron chi connectivity index (χ0n) is 17.6. The van der Waals surface area contributed by atoms with E-state index in [1.807, 2.05) is 19.9 Å². The predicted molar refractivity (Wildman–Crippen MR) is 115 cm³/mol. The molecule has 30 heavy (non-hydrogen) atoms. The Morgan fingerprint density at radius 1 is 0.967 bits per heavy atom. The molecule has 0 aliphatic rings. The number of benzene rings is 2. The van der Waals surface area contributed by atoms with Gasteiger partial charge in [0.15, 0.2) is 17.6 Å². The molecule has 0 aliphatic carbocycles. The summed E-state index contributed by atoms with van der Waals surface area (Å²) in [5.74, 6) is 1.35. The Labute approximate surface area is 174 Å². The van der Waals surface area contributed by atoms with Gasteiger partial charge >= 0.3 is 5.63 Å². The van der Waals surface area contributed by atoms with Gasteiger partial charge in [-0.25, -0.2) is 4.79 Å². The number of amides is 1. The first-order chi connectivity index (χ1) is 14.3. The summed E-state index contributed by atoms with van der Waals surface area (Å²) in [5.41, 5.74) is 1.48. The van der Waals surface area contributed by atoms with Crippen molar-refractivity contribution < 1.29 is 23.4 Å². The highest BCUT2D eigenvalue weighted by molar-refractivity contribution is 5.94. The van der Waals surface area contributed by atoms with Gasteiger partial charge < -0.3 is 23.9 Å². The van der Waals surface area contributed by atoms with Crippen molar-refractivity contribution in [3.63, 3.8) is 0 Å². The zero-order valence-corrected chi connectivity index (χ0v) is 17.6. The molecule has 1 heterocycles. The average molecular weight is 411 g/mol. The topological polar surface area (TPSA) is 87.0 Å². The molecule has 7 nitrogen and oxygen atoms in total. The first-order valence-electron chi connectivity index (χ1n) is 9.59. The van der Waals surface area contributed by atoms with Crippen LogP contribution >= 0.6 is 0 Å². The molecule has 7 heteroatoms. The molecule has 2 aromatic carbocycles. The van der Waals surface area contributed by atoms with Gasteiger partial charge in [-0.1, -0.05) is 13.8 Å². The fourth-order valence-corrected chi connectivity index (χ4v) is 3.13. The number of hydrogen-bond acceptors (Lipinski definition) is 6. The Morgan fingerprint density at radius 3 is 2.37 bits per heavy atom. The van der Waals surface area contributed by atoms with Gasteiger partial charge in [0.2, 0.25) is 0 Å². The van der Waals surface area contributed by atoms with E-state index in [4.69, 9.17) is 18.6 Å². The number of carbonyl (C=O) groups excluding carboxylic acids is 1. The monoisotopic (exact) mass is 411 g/mol. The maximum Gasteiger partial charge on any atom is 0.336 e. The molecule has 3 rings (SSSR count). The fraction of sp³-hybridized carbons (Fsp3) is 0.304. The summed E-state index contributed by atoms with van der Waals surface area (Å²) in [7, 11) is 3.07. The van der Waals surface area contributed by atoms with Crippen LogP contribution < -0.4 is 25.2 Å². The summed E-state index contributed by atoms with van der Waals surface area (Å²) in [5, 5.41) is 3.63. The third-order valence-electron chi connectivity index (χ3n) is 4.70. The predicted octanol–water partition coefficient (Wildman–Crippen LogP) is 4.34. The lowest BCUT2D eigenvalue weighted by atomic mass is 10.00. The van der Waals surface area contributed by atoms with Crippen LogP contribution in [0.1, 0.15) is 32.3 Å². The van der Waals surface area contributed by atoms with Crippen LogP contribution in [0.15, 0.2) is 51.7 Å². The number of rotatable bonds is 7. The van der Waals surface area contributed by atoms with E-state index >= 15 is 0 Å². The van der Waals surface area contributed by atoms with E-state index in [1.165, 1.54) is 13.2 Å². The van der Waals surface area contributed by atoms with E-state index < -0.39 is 11.7 Å². The van der Waals surface area contributed by atoms with E-state index in [0.717, 1.165) is 10.9 Å². The maximum absolute atomic E-state index is 12.6. The zero-order chi connectivity index (χ0) is 21.8. The fourth-order valence-electron chi connectivity index (χ4n) is 3.13. The lowest BCUT2D eigenvalue weighted by molar-refractivity contribution is -0.122. The molecule has 0 saturated carbocycles. The Kier molecular flexibility index (Phi) is 6.30. The standard InChI is InChI=1S/C23H25NO6/c1-13(2)18-12-22(25)30-20-11-16(7-8-17(18)20)29-14(3)23(26)24-15-6-9-19(27-4)21(10-15)28-5/h6-14H,1-5H3,(H,24,26)/t14-/m1/s1. The lowest BCUT2D eigenvalue weighted by Crippen LogP contribution is -2.30. The average Bonchev–Trinajstić information content (AvgIpc) is 2.72. The second-order valence-electron chi connectivity index (χ2n) is 7.15. The van der Waals surface area contributed by atoms with Crippen LogP contribution in [0.4, 0.5) is 5.69 Å². The minimum atomic E-state index is -0.782. The van der Waals surface area contributed by atoms with Crippen LogP contribution in [0.25, 0.3) is 11.0 Å². The normalized spacial score (nSPS) is 11.9. The van der Waals surface area contributed by atoms with Gasteiger partial charge in [0, 0.05) is 29.3 Å². The highest BCUT2D eigenvalue weighted by atomic mass is 16.5. The van der Waals surface area contributed by atoms with E-state index in [1.54, 1.807) is 44.4 Å². The first-order valence-corrected chi connectivity index (χ1v) is 9.59. The smallest absolute Gasteiger partial charge is 0.336 e. The highest BCUT2D eigenvalue weighted by Crippen LogP contribution is 2.30. The van der Waals surface area contributed by atoms with Crippen LogP contribution in [-0.2, 0) is 4.79 Å². The second-order valence-corrected chi connectivity index (χ2v) is 7.15. The van der Waals surface area contributed by atoms with E-state index in [-0.39, 0.29) is 11.8 Å². The third-order valence-corrected chi connectivity index (χ3v) is 4.70. The van der Waals surface area contributed by atoms with E-state index in [0.29, 0.717) is 28.5 Å². The van der Waals surface area contributed by atoms with Gasteiger partial charge in [0.05, 0.1) is 14.2 Å². The van der Waals surface area contributed by atoms with Crippen LogP contribution in [0.5, 0.6) is 17.2 Å². The van der Waals surface area contributed by atoms with Gasteiger partial charge in [-0.15, -0.1) is 0 Å². The Morgan fingerprint density at radius 2 is 1.70 bits per heavy atom. The lowest BCUT2D eigenvalue weighted by Gasteiger charge is -2.16. The summed E-state index contributed by atoms with van der Waals surface area (Å²) in [4.78, 5) is 24.4. The molecule has 3 aromatic rings. The van der Waals surface area contributed by atoms with Crippen molar-refractivity contribution >= 4 is 22.6 Å². The van der Waals surface area contributed by atoms with Gasteiger partial charge in [-0.05, 0) is 42.7 Å². The van der Waals surface area contributed by atoms with Crippen molar-refractivity contribution in [3.05, 3.63) is 58.4 Å². The molecule has 0 fully saturated rings. The highest BCUT2D eigenvalue weighted by Gasteiger charge is 2.17. The largest absolute Gasteiger partial charge is 0.493 e. The Bertz CT molecular complexity index is 1120. The van der Waals surface area contributed by atoms with E-state index in [9.17, 15) is 9.59 Å². The number of carbonyl (C=O) groups is 1. The number of fused-ring (bicyclic) bond motifs is 1. The second kappa shape index (κ2) is 8.90. The van der Waals surface area contributed by atoms with Crippen molar-refractivity contribution in [1.29, 1.82) is 0 Å². The molecule has 0 bridgehead atoms. The third kappa shape index (κ3) is 4.56. The minimum Gasteiger partial charge on any atom is -0.493 e. The SMILES string of the molecule is COc1ccc(NC(=O)[C@@H](C)Oc2ccc3c(C(C)C)cc(=O)oc3c2)cc1OC. The van der Waals surface area contributed by atoms with Gasteiger partial charge in [0.25, 0.3) is 5.91 Å². The van der Waals surface area contributed by atoms with Crippen LogP contribution in [0.2, 0.25) is 0 Å². The van der Waals surface area contributed by atoms with Crippen LogP contribution in [0, 0.1) is 0 Å². The molecule has 0 aliphatic heterocycles. The molecule has 1 N–H and O–H groups in total. The molecular weight excluding hydrogens is 386 g/mol. The molecule has 0 spiro atoms. The molecule has 0 saturated heterocycles. The molecule has 0 radical (unpaired) electrons. The van der Waals surface area contributed by atoms with Gasteiger partial charge in [-0.2, -0.15) is 0 Å². The Hall–Kier alpha value is -3.48. The molecular formula is C23H25NO6. The Balaban J connectivity index is 1.76. The number of methoxy groups -OCH3 is 2.